The van der Waals surface area contributed by atoms with E-state index in [2.05, 4.69) is 18.7 Å². The fourth-order valence-electron chi connectivity index (χ4n) is 5.09. The Morgan fingerprint density at radius 2 is 1.58 bits per heavy atom. The summed E-state index contributed by atoms with van der Waals surface area (Å²) in [6.45, 7) is 6.67. The Kier molecular flexibility index (Phi) is 8.84. The lowest BCUT2D eigenvalue weighted by Gasteiger charge is -2.37. The third kappa shape index (κ3) is 6.08. The smallest absolute Gasteiger partial charge is 0.212 e. The first-order chi connectivity index (χ1) is 18.2. The highest BCUT2D eigenvalue weighted by Gasteiger charge is 2.37. The number of unbranched alkanes of at least 4 members (excludes halogenated alkanes) is 2. The summed E-state index contributed by atoms with van der Waals surface area (Å²) in [6.07, 6.45) is 6.42. The number of rotatable bonds is 13. The van der Waals surface area contributed by atoms with Gasteiger partial charge in [0.25, 0.3) is 0 Å². The molecule has 4 rings (SSSR count). The monoisotopic (exact) mass is 535 g/mol. The number of hydrogen-bond donors (Lipinski definition) is 0. The van der Waals surface area contributed by atoms with Crippen molar-refractivity contribution < 1.29 is 27.4 Å². The number of aryl methyl sites for hydroxylation is 1. The van der Waals surface area contributed by atoms with Crippen LogP contribution in [-0.4, -0.2) is 37.6 Å². The van der Waals surface area contributed by atoms with Crippen molar-refractivity contribution in [2.75, 3.05) is 23.7 Å². The van der Waals surface area contributed by atoms with Gasteiger partial charge in [0.15, 0.2) is 12.0 Å². The molecule has 1 aromatic heterocycles. The summed E-state index contributed by atoms with van der Waals surface area (Å²) in [5.41, 5.74) is 3.44. The van der Waals surface area contributed by atoms with Crippen molar-refractivity contribution in [1.29, 1.82) is 0 Å². The van der Waals surface area contributed by atoms with Crippen LogP contribution in [0.4, 0.5) is 5.69 Å². The van der Waals surface area contributed by atoms with Gasteiger partial charge in [0.2, 0.25) is 5.52 Å². The van der Waals surface area contributed by atoms with E-state index in [1.807, 2.05) is 53.1 Å². The number of nitrogens with zero attached hydrogens (tertiary/aromatic N) is 2. The molecule has 0 amide bonds. The third-order valence-electron chi connectivity index (χ3n) is 7.16. The number of para-hydroxylation sites is 1. The molecule has 1 heterocycles. The topological polar surface area (TPSA) is 104 Å². The molecule has 1 unspecified atom stereocenters. The second kappa shape index (κ2) is 12.1. The molecule has 3 aromatic rings. The number of pyridine rings is 1. The van der Waals surface area contributed by atoms with E-state index < -0.39 is 21.8 Å². The molecule has 7 nitrogen and oxygen atoms in total. The number of carbonyl (C=O) groups excluding carboxylic acids is 1. The molecule has 0 bridgehead atoms. The summed E-state index contributed by atoms with van der Waals surface area (Å²) in [5.74, 6) is -1.66. The number of Topliss-reactive ketones (excluding diaryl/α,β-unsaturated/α-hetero) is 1. The van der Waals surface area contributed by atoms with Gasteiger partial charge in [-0.15, -0.1) is 5.76 Å². The largest absolute Gasteiger partial charge is 0.874 e. The zero-order valence-electron chi connectivity index (χ0n) is 22.1. The van der Waals surface area contributed by atoms with Crippen LogP contribution in [0, 0.1) is 0 Å². The Morgan fingerprint density at radius 1 is 0.921 bits per heavy atom. The number of allylic oxidation sites excluding steroid dienone is 2. The Hall–Kier alpha value is -3.23. The Labute approximate surface area is 225 Å². The molecule has 0 aliphatic heterocycles. The SMILES string of the molecule is CCCCN(CCCC)c1ccc(C2=C([O-])C(c3cc[n+](CCCS(=O)(=O)[O-])c4ccccc34)C2=O)cc1. The fourth-order valence-corrected chi connectivity index (χ4v) is 5.57. The van der Waals surface area contributed by atoms with Crippen LogP contribution in [-0.2, 0) is 21.5 Å². The van der Waals surface area contributed by atoms with Gasteiger partial charge in [-0.25, -0.2) is 8.42 Å². The fraction of sp³-hybridized carbons (Fsp3) is 0.400. The van der Waals surface area contributed by atoms with Crippen molar-refractivity contribution >= 4 is 38.1 Å². The zero-order chi connectivity index (χ0) is 27.3. The van der Waals surface area contributed by atoms with E-state index in [4.69, 9.17) is 0 Å². The van der Waals surface area contributed by atoms with Gasteiger partial charge in [-0.2, -0.15) is 4.57 Å². The molecule has 38 heavy (non-hydrogen) atoms. The van der Waals surface area contributed by atoms with E-state index in [1.54, 1.807) is 12.3 Å². The van der Waals surface area contributed by atoms with Gasteiger partial charge in [-0.05, 0) is 42.2 Å². The maximum absolute atomic E-state index is 13.3. The Balaban J connectivity index is 1.58. The van der Waals surface area contributed by atoms with E-state index in [9.17, 15) is 22.9 Å². The molecule has 0 fully saturated rings. The van der Waals surface area contributed by atoms with Crippen LogP contribution in [0.5, 0.6) is 0 Å². The lowest BCUT2D eigenvalue weighted by Crippen LogP contribution is -2.38. The summed E-state index contributed by atoms with van der Waals surface area (Å²) >= 11 is 0. The number of carbonyl (C=O) groups is 1. The molecule has 2 aromatic carbocycles. The molecule has 1 aliphatic carbocycles. The van der Waals surface area contributed by atoms with Crippen LogP contribution in [0.3, 0.4) is 0 Å². The molecule has 0 N–H and O–H groups in total. The summed E-state index contributed by atoms with van der Waals surface area (Å²) < 4.78 is 34.8. The highest BCUT2D eigenvalue weighted by molar-refractivity contribution is 7.85. The van der Waals surface area contributed by atoms with Crippen molar-refractivity contribution in [2.45, 2.75) is 58.4 Å². The van der Waals surface area contributed by atoms with Crippen molar-refractivity contribution in [1.82, 2.24) is 0 Å². The van der Waals surface area contributed by atoms with Crippen LogP contribution >= 0.6 is 0 Å². The van der Waals surface area contributed by atoms with Crippen molar-refractivity contribution in [2.24, 2.45) is 0 Å². The first-order valence-electron chi connectivity index (χ1n) is 13.4. The van der Waals surface area contributed by atoms with Gasteiger partial charge < -0.3 is 14.6 Å². The molecule has 0 radical (unpaired) electrons. The van der Waals surface area contributed by atoms with Gasteiger partial charge in [0.05, 0.1) is 21.4 Å². The van der Waals surface area contributed by atoms with Gasteiger partial charge in [0, 0.05) is 48.7 Å². The minimum absolute atomic E-state index is 0.183. The number of hydrogen-bond acceptors (Lipinski definition) is 6. The second-order valence-corrected chi connectivity index (χ2v) is 11.4. The minimum atomic E-state index is -4.29. The van der Waals surface area contributed by atoms with Gasteiger partial charge in [-0.3, -0.25) is 4.79 Å². The van der Waals surface area contributed by atoms with Crippen LogP contribution in [0.2, 0.25) is 0 Å². The molecule has 202 valence electrons. The van der Waals surface area contributed by atoms with Crippen LogP contribution in [0.1, 0.15) is 63.0 Å². The number of anilines is 1. The predicted molar refractivity (Wildman–Crippen MR) is 146 cm³/mol. The number of benzene rings is 2. The first kappa shape index (κ1) is 27.8. The van der Waals surface area contributed by atoms with Gasteiger partial charge >= 0.3 is 0 Å². The summed E-state index contributed by atoms with van der Waals surface area (Å²) in [7, 11) is -4.29. The standard InChI is InChI=1S/C30H36N2O5S/c1-3-5-17-31(18-6-4-2)23-14-12-22(13-15-23)27-29(33)28(30(27)34)25-16-20-32(19-9-21-38(35,36)37)26-11-8-7-10-24(25)26/h7-8,10-16,20,28H,3-6,9,17-19,21H2,1-2H3,(H-,33,34,35,36,37)/p-1. The number of fused-ring (bicyclic) bond motifs is 1. The number of ketones is 1. The van der Waals surface area contributed by atoms with Crippen molar-refractivity contribution in [3.63, 3.8) is 0 Å². The summed E-state index contributed by atoms with van der Waals surface area (Å²) in [5, 5.41) is 14.1. The molecular weight excluding hydrogens is 500 g/mol. The molecule has 0 saturated heterocycles. The summed E-state index contributed by atoms with van der Waals surface area (Å²) in [6, 6.07) is 16.9. The van der Waals surface area contributed by atoms with Crippen molar-refractivity contribution in [3.8, 4) is 0 Å². The normalized spacial score (nSPS) is 15.7. The molecule has 0 saturated carbocycles. The molecule has 1 atom stereocenters. The lowest BCUT2D eigenvalue weighted by atomic mass is 9.74. The molecule has 1 aliphatic rings. The summed E-state index contributed by atoms with van der Waals surface area (Å²) in [4.78, 5) is 15.7. The predicted octanol–water partition coefficient (Wildman–Crippen LogP) is 3.91. The highest BCUT2D eigenvalue weighted by Crippen LogP contribution is 2.43. The first-order valence-corrected chi connectivity index (χ1v) is 15.0. The van der Waals surface area contributed by atoms with Gasteiger partial charge in [0.1, 0.15) is 6.54 Å². The maximum atomic E-state index is 13.3. The average Bonchev–Trinajstić information content (AvgIpc) is 2.90. The third-order valence-corrected chi connectivity index (χ3v) is 7.95. The minimum Gasteiger partial charge on any atom is -0.874 e. The van der Waals surface area contributed by atoms with Crippen LogP contribution < -0.4 is 14.6 Å². The number of aromatic nitrogens is 1. The molecular formula is C30H35N2O5S-. The lowest BCUT2D eigenvalue weighted by molar-refractivity contribution is -0.671. The Morgan fingerprint density at radius 3 is 2.18 bits per heavy atom. The van der Waals surface area contributed by atoms with Crippen LogP contribution in [0.25, 0.3) is 16.5 Å². The van der Waals surface area contributed by atoms with Crippen LogP contribution in [0.15, 0.2) is 66.6 Å². The average molecular weight is 536 g/mol. The highest BCUT2D eigenvalue weighted by atomic mass is 32.2. The molecule has 8 heteroatoms. The van der Waals surface area contributed by atoms with E-state index >= 15 is 0 Å². The van der Waals surface area contributed by atoms with E-state index in [0.29, 0.717) is 17.7 Å². The van der Waals surface area contributed by atoms with E-state index in [0.717, 1.165) is 55.4 Å². The molecule has 0 spiro atoms. The van der Waals surface area contributed by atoms with E-state index in [1.165, 1.54) is 0 Å². The Bertz CT molecular complexity index is 1420. The van der Waals surface area contributed by atoms with E-state index in [-0.39, 0.29) is 23.5 Å². The zero-order valence-corrected chi connectivity index (χ0v) is 22.9. The quantitative estimate of drug-likeness (QED) is 0.243. The van der Waals surface area contributed by atoms with Gasteiger partial charge in [-0.1, -0.05) is 51.0 Å². The van der Waals surface area contributed by atoms with Crippen molar-refractivity contribution in [3.05, 3.63) is 77.7 Å². The maximum Gasteiger partial charge on any atom is 0.212 e. The second-order valence-electron chi connectivity index (χ2n) is 9.87.